The summed E-state index contributed by atoms with van der Waals surface area (Å²) in [6.45, 7) is 13.2. The van der Waals surface area contributed by atoms with Gasteiger partial charge in [-0.15, -0.1) is 0 Å². The van der Waals surface area contributed by atoms with Crippen LogP contribution in [0.4, 0.5) is 0 Å². The molecule has 0 radical (unpaired) electrons. The van der Waals surface area contributed by atoms with Gasteiger partial charge < -0.3 is 54.1 Å². The molecule has 1 aliphatic carbocycles. The first-order valence-corrected chi connectivity index (χ1v) is 24.2. The fraction of sp³-hybridized carbons (Fsp3) is 0.784. The van der Waals surface area contributed by atoms with Gasteiger partial charge in [0.05, 0.1) is 36.6 Å². The zero-order chi connectivity index (χ0) is 48.2. The molecule has 17 atom stereocenters. The van der Waals surface area contributed by atoms with E-state index in [0.717, 1.165) is 12.0 Å². The normalized spacial score (nSPS) is 41.4. The number of aliphatic hydroxyl groups is 5. The van der Waals surface area contributed by atoms with Crippen LogP contribution in [0.3, 0.4) is 0 Å². The lowest BCUT2D eigenvalue weighted by Gasteiger charge is -2.43. The number of hydrogen-bond acceptors (Lipinski definition) is 13. The lowest BCUT2D eigenvalue weighted by molar-refractivity contribution is -0.265. The number of cyclic esters (lactones) is 1. The Morgan fingerprint density at radius 1 is 0.815 bits per heavy atom. The van der Waals surface area contributed by atoms with Gasteiger partial charge in [-0.2, -0.15) is 0 Å². The zero-order valence-corrected chi connectivity index (χ0v) is 40.8. The van der Waals surface area contributed by atoms with Crippen molar-refractivity contribution in [2.75, 3.05) is 27.9 Å². The van der Waals surface area contributed by atoms with Crippen molar-refractivity contribution >= 4 is 17.7 Å². The first-order chi connectivity index (χ1) is 30.7. The Bertz CT molecular complexity index is 1660. The van der Waals surface area contributed by atoms with Gasteiger partial charge in [-0.05, 0) is 113 Å². The van der Waals surface area contributed by atoms with Crippen LogP contribution in [0, 0.1) is 35.5 Å². The average Bonchev–Trinajstić information content (AvgIpc) is 3.28. The predicted molar refractivity (Wildman–Crippen MR) is 247 cm³/mol. The molecule has 0 aromatic rings. The topological polar surface area (TPSA) is 202 Å². The number of piperidine rings is 1. The zero-order valence-electron chi connectivity index (χ0n) is 40.8. The van der Waals surface area contributed by atoms with Gasteiger partial charge in [0.2, 0.25) is 5.79 Å². The third-order valence-corrected chi connectivity index (χ3v) is 14.9. The molecule has 3 aliphatic heterocycles. The summed E-state index contributed by atoms with van der Waals surface area (Å²) in [7, 11) is 4.63. The molecule has 0 aromatic heterocycles. The number of Topliss-reactive ketones (excluding diaryl/α,β-unsaturated/α-hetero) is 1. The number of amides is 1. The van der Waals surface area contributed by atoms with Gasteiger partial charge >= 0.3 is 5.97 Å². The molecule has 5 N–H and O–H groups in total. The molecule has 2 bridgehead atoms. The predicted octanol–water partition coefficient (Wildman–Crippen LogP) is 5.76. The number of allylic oxidation sites excluding steroid dienone is 5. The molecule has 1 saturated carbocycles. The highest BCUT2D eigenvalue weighted by atomic mass is 16.6. The maximum Gasteiger partial charge on any atom is 0.329 e. The van der Waals surface area contributed by atoms with Crippen LogP contribution in [0.1, 0.15) is 126 Å². The molecule has 3 fully saturated rings. The first-order valence-electron chi connectivity index (χ1n) is 24.2. The second kappa shape index (κ2) is 25.5. The van der Waals surface area contributed by atoms with E-state index >= 15 is 0 Å². The number of esters is 1. The molecule has 65 heavy (non-hydrogen) atoms. The van der Waals surface area contributed by atoms with Crippen molar-refractivity contribution in [2.24, 2.45) is 35.5 Å². The fourth-order valence-corrected chi connectivity index (χ4v) is 10.4. The molecule has 0 spiro atoms. The summed E-state index contributed by atoms with van der Waals surface area (Å²) in [5.74, 6) is -6.69. The van der Waals surface area contributed by atoms with E-state index in [4.69, 9.17) is 23.7 Å². The number of fused-ring (bicyclic) bond motifs is 3. The maximum atomic E-state index is 14.4. The van der Waals surface area contributed by atoms with Crippen molar-refractivity contribution in [1.29, 1.82) is 0 Å². The highest BCUT2D eigenvalue weighted by molar-refractivity contribution is 6.39. The average molecular weight is 918 g/mol. The van der Waals surface area contributed by atoms with Crippen molar-refractivity contribution in [3.63, 3.8) is 0 Å². The molecule has 14 heteroatoms. The third kappa shape index (κ3) is 14.6. The number of hydrogen-bond donors (Lipinski definition) is 5. The Morgan fingerprint density at radius 3 is 2.22 bits per heavy atom. The van der Waals surface area contributed by atoms with Gasteiger partial charge in [0.15, 0.2) is 0 Å². The van der Waals surface area contributed by atoms with E-state index in [-0.39, 0.29) is 49.2 Å². The van der Waals surface area contributed by atoms with Crippen molar-refractivity contribution in [3.8, 4) is 0 Å². The Kier molecular flexibility index (Phi) is 21.5. The monoisotopic (exact) mass is 918 g/mol. The van der Waals surface area contributed by atoms with Crippen LogP contribution in [0.25, 0.3) is 0 Å². The Labute approximate surface area is 388 Å². The molecule has 2 saturated heterocycles. The van der Waals surface area contributed by atoms with Crippen molar-refractivity contribution in [2.45, 2.75) is 192 Å². The van der Waals surface area contributed by atoms with Gasteiger partial charge in [0, 0.05) is 52.6 Å². The fourth-order valence-electron chi connectivity index (χ4n) is 10.4. The summed E-state index contributed by atoms with van der Waals surface area (Å²) >= 11 is 0. The van der Waals surface area contributed by atoms with Gasteiger partial charge in [-0.25, -0.2) is 4.79 Å². The lowest BCUT2D eigenvalue weighted by Crippen LogP contribution is -2.61. The minimum Gasteiger partial charge on any atom is -0.460 e. The van der Waals surface area contributed by atoms with E-state index in [2.05, 4.69) is 6.92 Å². The minimum absolute atomic E-state index is 0.0359. The van der Waals surface area contributed by atoms with Gasteiger partial charge in [0.1, 0.15) is 24.4 Å². The number of aliphatic hydroxyl groups excluding tert-OH is 4. The highest BCUT2D eigenvalue weighted by Gasteiger charge is 2.53. The summed E-state index contributed by atoms with van der Waals surface area (Å²) in [6, 6.07) is -1.10. The van der Waals surface area contributed by atoms with Crippen molar-refractivity contribution in [1.82, 2.24) is 4.90 Å². The van der Waals surface area contributed by atoms with Crippen LogP contribution in [-0.4, -0.2) is 143 Å². The van der Waals surface area contributed by atoms with E-state index in [1.54, 1.807) is 34.1 Å². The van der Waals surface area contributed by atoms with Crippen LogP contribution in [0.15, 0.2) is 47.6 Å². The van der Waals surface area contributed by atoms with E-state index in [1.165, 1.54) is 12.0 Å². The Morgan fingerprint density at radius 2 is 1.54 bits per heavy atom. The van der Waals surface area contributed by atoms with Crippen LogP contribution < -0.4 is 0 Å². The number of ether oxygens (including phenoxy) is 5. The number of carbonyl (C=O) groups is 3. The molecule has 3 heterocycles. The third-order valence-electron chi connectivity index (χ3n) is 14.9. The van der Waals surface area contributed by atoms with Crippen LogP contribution >= 0.6 is 0 Å². The minimum atomic E-state index is -2.41. The van der Waals surface area contributed by atoms with Gasteiger partial charge in [0.25, 0.3) is 11.7 Å². The lowest BCUT2D eigenvalue weighted by atomic mass is 9.78. The quantitative estimate of drug-likeness (QED) is 0.122. The van der Waals surface area contributed by atoms with Crippen molar-refractivity contribution in [3.05, 3.63) is 47.6 Å². The van der Waals surface area contributed by atoms with E-state index in [1.807, 2.05) is 58.1 Å². The molecule has 4 rings (SSSR count). The summed E-state index contributed by atoms with van der Waals surface area (Å²) in [5.41, 5.74) is 1.41. The Balaban J connectivity index is 1.70. The molecular weight excluding hydrogens is 835 g/mol. The van der Waals surface area contributed by atoms with Crippen LogP contribution in [0.2, 0.25) is 0 Å². The summed E-state index contributed by atoms with van der Waals surface area (Å²) in [4.78, 5) is 44.1. The van der Waals surface area contributed by atoms with Crippen molar-refractivity contribution < 1.29 is 63.6 Å². The van der Waals surface area contributed by atoms with Gasteiger partial charge in [-0.3, -0.25) is 9.59 Å². The summed E-state index contributed by atoms with van der Waals surface area (Å²) in [6.07, 6.45) is 10.6. The number of ketones is 1. The summed E-state index contributed by atoms with van der Waals surface area (Å²) in [5, 5.41) is 57.2. The number of nitrogens with zero attached hydrogens (tertiary/aromatic N) is 1. The standard InChI is InChI=1S/C51H83NO13/c1-30-16-12-11-13-17-31(2)42(61-8)28-38-21-19-36(7)51(60,65-38)48(57)49(58)52-23-15-14-18-39(52)50(59)64-43(33(4)26-37-20-22-40(53)44(27-37)62-9)29-41(54)32(3)25-35(6)46(56)47(63-10)45(55)34(5)24-30/h11-13,16-17,25,30,32-34,36-47,53-56,60H,14-15,18-24,26-29H2,1-10H3/b13-11?,16-12+,31-17?,35-25+/t30-,32-,33-,34-,36-,37+,38?,39+,40-,41+,42+,43?,44-,45+,46-,47+,51-/m1/s1. The molecule has 370 valence electrons. The molecule has 14 nitrogen and oxygen atoms in total. The molecule has 4 aliphatic rings. The van der Waals surface area contributed by atoms with Crippen LogP contribution in [0.5, 0.6) is 0 Å². The smallest absolute Gasteiger partial charge is 0.329 e. The van der Waals surface area contributed by atoms with E-state index in [0.29, 0.717) is 63.4 Å². The molecular formula is C51H83NO13. The SMILES string of the molecule is CO[C@H]1[C@@H](O)[C@H](C)C[C@H](C)/C=C/C=CC=C(C)[C@@H](OC)CC2CC[C@@H](C)[C@@](O)(O2)C(=O)C(=O)N2CCCC[C@H]2C(=O)OC([C@H](C)C[C@@H]2CC[C@@H](O)[C@H](OC)C2)C[C@H](O)[C@H](C)/C=C(\C)[C@H]1O. The number of carbonyl (C=O) groups excluding carboxylic acids is 3. The second-order valence-electron chi connectivity index (χ2n) is 20.0. The molecule has 0 aromatic carbocycles. The maximum absolute atomic E-state index is 14.4. The molecule has 1 amide bonds. The summed E-state index contributed by atoms with van der Waals surface area (Å²) < 4.78 is 29.6. The second-order valence-corrected chi connectivity index (χ2v) is 20.0. The number of rotatable bonds is 6. The molecule has 2 unspecified atom stereocenters. The van der Waals surface area contributed by atoms with E-state index < -0.39 is 90.2 Å². The van der Waals surface area contributed by atoms with Crippen LogP contribution in [-0.2, 0) is 38.1 Å². The van der Waals surface area contributed by atoms with Gasteiger partial charge in [-0.1, -0.05) is 71.1 Å². The number of methoxy groups -OCH3 is 3. The van der Waals surface area contributed by atoms with E-state index in [9.17, 15) is 39.9 Å². The Hall–Kier alpha value is -2.79. The first kappa shape index (κ1) is 54.8. The highest BCUT2D eigenvalue weighted by Crippen LogP contribution is 2.38. The largest absolute Gasteiger partial charge is 0.460 e.